The zero-order valence-corrected chi connectivity index (χ0v) is 9.47. The molecule has 3 atom stereocenters. The number of hydrogen-bond donors (Lipinski definition) is 1. The van der Waals surface area contributed by atoms with Crippen LogP contribution in [0.1, 0.15) is 52.9 Å². The Balaban J connectivity index is 2.46. The molecule has 1 aliphatic rings. The first kappa shape index (κ1) is 11.0. The first-order valence-electron chi connectivity index (χ1n) is 6.06. The molecular weight excluding hydrogens is 158 g/mol. The third-order valence-corrected chi connectivity index (χ3v) is 3.67. The summed E-state index contributed by atoms with van der Waals surface area (Å²) < 4.78 is 0. The molecule has 0 radical (unpaired) electrons. The summed E-state index contributed by atoms with van der Waals surface area (Å²) >= 11 is 0. The first-order chi connectivity index (χ1) is 6.33. The van der Waals surface area contributed by atoms with Crippen LogP contribution >= 0.6 is 0 Å². The lowest BCUT2D eigenvalue weighted by atomic mass is 9.86. The minimum Gasteiger partial charge on any atom is -0.314 e. The van der Waals surface area contributed by atoms with Gasteiger partial charge < -0.3 is 5.32 Å². The van der Waals surface area contributed by atoms with Crippen LogP contribution in [0.2, 0.25) is 0 Å². The Bertz CT molecular complexity index is 133. The Morgan fingerprint density at radius 1 is 1.23 bits per heavy atom. The Hall–Kier alpha value is -0.0400. The molecule has 1 heteroatoms. The van der Waals surface area contributed by atoms with E-state index in [9.17, 15) is 0 Å². The van der Waals surface area contributed by atoms with Gasteiger partial charge in [0.15, 0.2) is 0 Å². The number of hydrogen-bond acceptors (Lipinski definition) is 1. The minimum absolute atomic E-state index is 0.789. The maximum absolute atomic E-state index is 3.64. The third-order valence-electron chi connectivity index (χ3n) is 3.67. The van der Waals surface area contributed by atoms with Crippen molar-refractivity contribution in [1.29, 1.82) is 0 Å². The van der Waals surface area contributed by atoms with E-state index in [1.807, 2.05) is 0 Å². The fraction of sp³-hybridized carbons (Fsp3) is 1.00. The van der Waals surface area contributed by atoms with Gasteiger partial charge in [-0.2, -0.15) is 0 Å². The molecule has 1 N–H and O–H groups in total. The fourth-order valence-corrected chi connectivity index (χ4v) is 2.96. The summed E-state index contributed by atoms with van der Waals surface area (Å²) in [5, 5.41) is 3.64. The van der Waals surface area contributed by atoms with Crippen molar-refractivity contribution >= 4 is 0 Å². The van der Waals surface area contributed by atoms with E-state index in [-0.39, 0.29) is 0 Å². The SMILES string of the molecule is CCNC(CC)C1CCCC1CC. The molecule has 1 saturated carbocycles. The Morgan fingerprint density at radius 3 is 2.54 bits per heavy atom. The lowest BCUT2D eigenvalue weighted by molar-refractivity contribution is 0.273. The van der Waals surface area contributed by atoms with Crippen molar-refractivity contribution in [2.24, 2.45) is 11.8 Å². The maximum atomic E-state index is 3.64. The van der Waals surface area contributed by atoms with Crippen molar-refractivity contribution in [3.8, 4) is 0 Å². The minimum atomic E-state index is 0.789. The highest BCUT2D eigenvalue weighted by molar-refractivity contribution is 4.85. The van der Waals surface area contributed by atoms with E-state index in [4.69, 9.17) is 0 Å². The van der Waals surface area contributed by atoms with E-state index < -0.39 is 0 Å². The fourth-order valence-electron chi connectivity index (χ4n) is 2.96. The Morgan fingerprint density at radius 2 is 2.00 bits per heavy atom. The molecule has 1 fully saturated rings. The summed E-state index contributed by atoms with van der Waals surface area (Å²) in [6.07, 6.45) is 7.08. The van der Waals surface area contributed by atoms with Crippen LogP contribution < -0.4 is 5.32 Å². The van der Waals surface area contributed by atoms with Crippen LogP contribution in [0.15, 0.2) is 0 Å². The predicted octanol–water partition coefficient (Wildman–Crippen LogP) is 3.20. The van der Waals surface area contributed by atoms with Crippen LogP contribution in [0, 0.1) is 11.8 Å². The van der Waals surface area contributed by atoms with E-state index in [1.165, 1.54) is 32.1 Å². The van der Waals surface area contributed by atoms with Gasteiger partial charge in [0.1, 0.15) is 0 Å². The largest absolute Gasteiger partial charge is 0.314 e. The topological polar surface area (TPSA) is 12.0 Å². The second-order valence-corrected chi connectivity index (χ2v) is 4.34. The molecule has 0 spiro atoms. The van der Waals surface area contributed by atoms with Gasteiger partial charge in [-0.15, -0.1) is 0 Å². The smallest absolute Gasteiger partial charge is 0.00952 e. The molecule has 1 nitrogen and oxygen atoms in total. The molecule has 0 heterocycles. The molecule has 0 aromatic carbocycles. The average molecular weight is 183 g/mol. The van der Waals surface area contributed by atoms with Crippen molar-refractivity contribution in [3.05, 3.63) is 0 Å². The molecule has 0 bridgehead atoms. The van der Waals surface area contributed by atoms with E-state index in [2.05, 4.69) is 26.1 Å². The van der Waals surface area contributed by atoms with Crippen LogP contribution in [0.25, 0.3) is 0 Å². The van der Waals surface area contributed by atoms with Crippen LogP contribution in [0.3, 0.4) is 0 Å². The molecule has 78 valence electrons. The van der Waals surface area contributed by atoms with Crippen LogP contribution in [-0.4, -0.2) is 12.6 Å². The van der Waals surface area contributed by atoms with Crippen LogP contribution in [0.5, 0.6) is 0 Å². The van der Waals surface area contributed by atoms with Crippen molar-refractivity contribution in [2.75, 3.05) is 6.54 Å². The highest BCUT2D eigenvalue weighted by atomic mass is 14.9. The van der Waals surface area contributed by atoms with E-state index >= 15 is 0 Å². The van der Waals surface area contributed by atoms with Crippen molar-refractivity contribution < 1.29 is 0 Å². The van der Waals surface area contributed by atoms with E-state index in [0.29, 0.717) is 0 Å². The molecule has 0 aromatic heterocycles. The maximum Gasteiger partial charge on any atom is 0.00952 e. The monoisotopic (exact) mass is 183 g/mol. The van der Waals surface area contributed by atoms with Crippen molar-refractivity contribution in [2.45, 2.75) is 58.9 Å². The standard InChI is InChI=1S/C12H25N/c1-4-10-8-7-9-11(10)12(5-2)13-6-3/h10-13H,4-9H2,1-3H3. The molecule has 1 rings (SSSR count). The van der Waals surface area contributed by atoms with Gasteiger partial charge in [-0.25, -0.2) is 0 Å². The van der Waals surface area contributed by atoms with Crippen LogP contribution in [0.4, 0.5) is 0 Å². The summed E-state index contributed by atoms with van der Waals surface area (Å²) in [5.41, 5.74) is 0. The summed E-state index contributed by atoms with van der Waals surface area (Å²) in [6, 6.07) is 0.789. The summed E-state index contributed by atoms with van der Waals surface area (Å²) in [7, 11) is 0. The zero-order valence-electron chi connectivity index (χ0n) is 9.47. The van der Waals surface area contributed by atoms with Gasteiger partial charge in [0, 0.05) is 6.04 Å². The normalized spacial score (nSPS) is 30.7. The van der Waals surface area contributed by atoms with Gasteiger partial charge in [0.25, 0.3) is 0 Å². The van der Waals surface area contributed by atoms with Gasteiger partial charge in [0.05, 0.1) is 0 Å². The van der Waals surface area contributed by atoms with Crippen LogP contribution in [-0.2, 0) is 0 Å². The van der Waals surface area contributed by atoms with Gasteiger partial charge >= 0.3 is 0 Å². The van der Waals surface area contributed by atoms with E-state index in [0.717, 1.165) is 24.4 Å². The van der Waals surface area contributed by atoms with Gasteiger partial charge in [-0.1, -0.05) is 40.0 Å². The molecule has 1 aliphatic carbocycles. The van der Waals surface area contributed by atoms with Crippen molar-refractivity contribution in [3.63, 3.8) is 0 Å². The van der Waals surface area contributed by atoms with E-state index in [1.54, 1.807) is 0 Å². The second-order valence-electron chi connectivity index (χ2n) is 4.34. The van der Waals surface area contributed by atoms with Gasteiger partial charge in [-0.3, -0.25) is 0 Å². The molecule has 0 aliphatic heterocycles. The molecule has 3 unspecified atom stereocenters. The molecule has 13 heavy (non-hydrogen) atoms. The summed E-state index contributed by atoms with van der Waals surface area (Å²) in [5.74, 6) is 1.97. The summed E-state index contributed by atoms with van der Waals surface area (Å²) in [4.78, 5) is 0. The molecule has 0 aromatic rings. The Kier molecular flexibility index (Phi) is 4.79. The highest BCUT2D eigenvalue weighted by Crippen LogP contribution is 2.36. The molecular formula is C12H25N. The molecule has 0 saturated heterocycles. The predicted molar refractivity (Wildman–Crippen MR) is 58.9 cm³/mol. The third kappa shape index (κ3) is 2.70. The summed E-state index contributed by atoms with van der Waals surface area (Å²) in [6.45, 7) is 8.02. The second kappa shape index (κ2) is 5.64. The highest BCUT2D eigenvalue weighted by Gasteiger charge is 2.30. The number of nitrogens with one attached hydrogen (secondary N) is 1. The average Bonchev–Trinajstić information content (AvgIpc) is 2.61. The van der Waals surface area contributed by atoms with Gasteiger partial charge in [-0.05, 0) is 31.2 Å². The number of rotatable bonds is 5. The molecule has 0 amide bonds. The zero-order chi connectivity index (χ0) is 9.68. The Labute approximate surface area is 83.3 Å². The van der Waals surface area contributed by atoms with Crippen molar-refractivity contribution in [1.82, 2.24) is 5.32 Å². The quantitative estimate of drug-likeness (QED) is 0.690. The lowest BCUT2D eigenvalue weighted by Crippen LogP contribution is -2.37. The first-order valence-corrected chi connectivity index (χ1v) is 6.06. The lowest BCUT2D eigenvalue weighted by Gasteiger charge is -2.28. The van der Waals surface area contributed by atoms with Gasteiger partial charge in [0.2, 0.25) is 0 Å².